The summed E-state index contributed by atoms with van der Waals surface area (Å²) in [5.74, 6) is -0.0511. The predicted molar refractivity (Wildman–Crippen MR) is 201 cm³/mol. The van der Waals surface area contributed by atoms with Crippen LogP contribution in [0.25, 0.3) is 0 Å². The summed E-state index contributed by atoms with van der Waals surface area (Å²) in [7, 11) is 0. The van der Waals surface area contributed by atoms with E-state index in [0.717, 1.165) is 63.7 Å². The van der Waals surface area contributed by atoms with E-state index in [1.54, 1.807) is 0 Å². The zero-order valence-corrected chi connectivity index (χ0v) is 32.4. The Kier molecular flexibility index (Phi) is 35.5. The Hall–Kier alpha value is -1.59. The van der Waals surface area contributed by atoms with Gasteiger partial charge in [0.25, 0.3) is 0 Å². The zero-order chi connectivity index (χ0) is 35.3. The van der Waals surface area contributed by atoms with Crippen molar-refractivity contribution >= 4 is 17.9 Å². The van der Waals surface area contributed by atoms with E-state index in [-0.39, 0.29) is 31.1 Å². The molecule has 0 aromatic rings. The average Bonchev–Trinajstić information content (AvgIpc) is 3.08. The highest BCUT2D eigenvalue weighted by Gasteiger charge is 2.19. The molecule has 284 valence electrons. The molecule has 0 N–H and O–H groups in total. The zero-order valence-electron chi connectivity index (χ0n) is 32.4. The van der Waals surface area contributed by atoms with Crippen molar-refractivity contribution in [3.63, 3.8) is 0 Å². The van der Waals surface area contributed by atoms with E-state index in [4.69, 9.17) is 14.2 Å². The lowest BCUT2D eigenvalue weighted by Gasteiger charge is -2.18. The van der Waals surface area contributed by atoms with Gasteiger partial charge in [0.1, 0.15) is 13.2 Å². The fourth-order valence-electron chi connectivity index (χ4n) is 6.06. The third-order valence-corrected chi connectivity index (χ3v) is 9.65. The van der Waals surface area contributed by atoms with Crippen LogP contribution >= 0.6 is 0 Å². The second-order valence-corrected chi connectivity index (χ2v) is 14.5. The van der Waals surface area contributed by atoms with E-state index in [0.29, 0.717) is 19.3 Å². The van der Waals surface area contributed by atoms with E-state index in [9.17, 15) is 14.4 Å². The normalized spacial score (nSPS) is 12.5. The maximum atomic E-state index is 12.6. The molecule has 1 unspecified atom stereocenters. The molecule has 6 heteroatoms. The minimum atomic E-state index is -0.758. The van der Waals surface area contributed by atoms with Crippen LogP contribution in [0.15, 0.2) is 0 Å². The van der Waals surface area contributed by atoms with Gasteiger partial charge in [-0.15, -0.1) is 0 Å². The first-order valence-corrected chi connectivity index (χ1v) is 20.9. The molecular formula is C42H80O6. The largest absolute Gasteiger partial charge is 0.462 e. The van der Waals surface area contributed by atoms with Crippen LogP contribution in [0.1, 0.15) is 227 Å². The molecule has 0 saturated heterocycles. The van der Waals surface area contributed by atoms with Crippen LogP contribution < -0.4 is 0 Å². The third-order valence-electron chi connectivity index (χ3n) is 9.65. The van der Waals surface area contributed by atoms with Gasteiger partial charge in [0.05, 0.1) is 0 Å². The number of carbonyl (C=O) groups excluding carboxylic acids is 3. The molecule has 0 aromatic carbocycles. The van der Waals surface area contributed by atoms with Gasteiger partial charge in [0.15, 0.2) is 6.10 Å². The van der Waals surface area contributed by atoms with Crippen LogP contribution in [0.4, 0.5) is 0 Å². The lowest BCUT2D eigenvalue weighted by atomic mass is 10.00. The van der Waals surface area contributed by atoms with Crippen LogP contribution in [-0.2, 0) is 28.6 Å². The Labute approximate surface area is 298 Å². The van der Waals surface area contributed by atoms with Gasteiger partial charge < -0.3 is 14.2 Å². The fourth-order valence-corrected chi connectivity index (χ4v) is 6.06. The minimum absolute atomic E-state index is 0.0652. The third kappa shape index (κ3) is 34.3. The SMILES string of the molecule is CCCCCCCCCCCCCC(=O)OC[C@H](COC(=O)CCCCCCCCC(C)CC)OC(=O)CCCCCCCCCCC. The lowest BCUT2D eigenvalue weighted by Crippen LogP contribution is -2.30. The van der Waals surface area contributed by atoms with E-state index in [2.05, 4.69) is 27.7 Å². The molecule has 0 aromatic heterocycles. The first-order chi connectivity index (χ1) is 23.4. The van der Waals surface area contributed by atoms with Gasteiger partial charge in [0.2, 0.25) is 0 Å². The topological polar surface area (TPSA) is 78.9 Å². The van der Waals surface area contributed by atoms with Crippen molar-refractivity contribution in [3.8, 4) is 0 Å². The molecule has 48 heavy (non-hydrogen) atoms. The maximum Gasteiger partial charge on any atom is 0.306 e. The molecule has 0 spiro atoms. The Morgan fingerprint density at radius 2 is 0.729 bits per heavy atom. The summed E-state index contributed by atoms with van der Waals surface area (Å²) in [5, 5.41) is 0. The molecule has 0 aliphatic heterocycles. The number of hydrogen-bond donors (Lipinski definition) is 0. The highest BCUT2D eigenvalue weighted by Crippen LogP contribution is 2.16. The second-order valence-electron chi connectivity index (χ2n) is 14.5. The van der Waals surface area contributed by atoms with Crippen molar-refractivity contribution in [3.05, 3.63) is 0 Å². The van der Waals surface area contributed by atoms with Gasteiger partial charge in [-0.1, -0.05) is 188 Å². The van der Waals surface area contributed by atoms with Crippen LogP contribution in [-0.4, -0.2) is 37.2 Å². The van der Waals surface area contributed by atoms with Gasteiger partial charge in [-0.3, -0.25) is 14.4 Å². The number of rotatable bonds is 37. The summed E-state index contributed by atoms with van der Waals surface area (Å²) in [6, 6.07) is 0. The molecule has 0 rings (SSSR count). The summed E-state index contributed by atoms with van der Waals surface area (Å²) in [5.41, 5.74) is 0. The average molecular weight is 681 g/mol. The number of unbranched alkanes of at least 4 members (excludes halogenated alkanes) is 23. The summed E-state index contributed by atoms with van der Waals surface area (Å²) in [6.07, 6.45) is 33.7. The summed E-state index contributed by atoms with van der Waals surface area (Å²) in [4.78, 5) is 37.5. The van der Waals surface area contributed by atoms with E-state index < -0.39 is 6.10 Å². The molecular weight excluding hydrogens is 600 g/mol. The number of ether oxygens (including phenoxy) is 3. The first kappa shape index (κ1) is 46.4. The van der Waals surface area contributed by atoms with Crippen molar-refractivity contribution in [2.45, 2.75) is 233 Å². The maximum absolute atomic E-state index is 12.6. The quantitative estimate of drug-likeness (QED) is 0.0369. The van der Waals surface area contributed by atoms with Crippen molar-refractivity contribution in [2.24, 2.45) is 5.92 Å². The second kappa shape index (κ2) is 36.7. The molecule has 0 heterocycles. The summed E-state index contributed by atoms with van der Waals surface area (Å²) in [6.45, 7) is 8.92. The highest BCUT2D eigenvalue weighted by atomic mass is 16.6. The first-order valence-electron chi connectivity index (χ1n) is 20.9. The Morgan fingerprint density at radius 1 is 0.417 bits per heavy atom. The highest BCUT2D eigenvalue weighted by molar-refractivity contribution is 5.71. The van der Waals surface area contributed by atoms with Crippen molar-refractivity contribution in [1.29, 1.82) is 0 Å². The summed E-state index contributed by atoms with van der Waals surface area (Å²) < 4.78 is 16.6. The molecule has 6 nitrogen and oxygen atoms in total. The summed E-state index contributed by atoms with van der Waals surface area (Å²) >= 11 is 0. The van der Waals surface area contributed by atoms with Crippen LogP contribution in [0.2, 0.25) is 0 Å². The molecule has 0 aliphatic carbocycles. The molecule has 2 atom stereocenters. The monoisotopic (exact) mass is 681 g/mol. The van der Waals surface area contributed by atoms with Gasteiger partial charge in [-0.05, 0) is 25.2 Å². The smallest absolute Gasteiger partial charge is 0.306 e. The molecule has 0 radical (unpaired) electrons. The van der Waals surface area contributed by atoms with Crippen molar-refractivity contribution in [2.75, 3.05) is 13.2 Å². The molecule has 0 bridgehead atoms. The fraction of sp³-hybridized carbons (Fsp3) is 0.929. The lowest BCUT2D eigenvalue weighted by molar-refractivity contribution is -0.167. The van der Waals surface area contributed by atoms with Crippen molar-refractivity contribution in [1.82, 2.24) is 0 Å². The molecule has 0 aliphatic rings. The van der Waals surface area contributed by atoms with Crippen LogP contribution in [0.5, 0.6) is 0 Å². The predicted octanol–water partition coefficient (Wildman–Crippen LogP) is 12.8. The van der Waals surface area contributed by atoms with Gasteiger partial charge >= 0.3 is 17.9 Å². The minimum Gasteiger partial charge on any atom is -0.462 e. The Morgan fingerprint density at radius 3 is 1.08 bits per heavy atom. The van der Waals surface area contributed by atoms with E-state index in [1.165, 1.54) is 122 Å². The van der Waals surface area contributed by atoms with Crippen LogP contribution in [0, 0.1) is 5.92 Å². The van der Waals surface area contributed by atoms with E-state index in [1.807, 2.05) is 0 Å². The Balaban J connectivity index is 4.35. The number of hydrogen-bond acceptors (Lipinski definition) is 6. The standard InChI is InChI=1S/C42H80O6/c1-5-8-10-12-14-16-17-19-20-25-29-33-40(43)46-36-39(48-42(45)35-31-27-21-18-15-13-11-9-6-2)37-47-41(44)34-30-26-23-22-24-28-32-38(4)7-3/h38-39H,5-37H2,1-4H3/t38?,39-/m1/s1. The number of esters is 3. The Bertz CT molecular complexity index is 723. The van der Waals surface area contributed by atoms with Gasteiger partial charge in [0, 0.05) is 19.3 Å². The van der Waals surface area contributed by atoms with E-state index >= 15 is 0 Å². The molecule has 0 fully saturated rings. The molecule has 0 saturated carbocycles. The van der Waals surface area contributed by atoms with Crippen LogP contribution in [0.3, 0.4) is 0 Å². The van der Waals surface area contributed by atoms with Crippen molar-refractivity contribution < 1.29 is 28.6 Å². The number of carbonyl (C=O) groups is 3. The molecule has 0 amide bonds. The van der Waals surface area contributed by atoms with Gasteiger partial charge in [-0.2, -0.15) is 0 Å². The van der Waals surface area contributed by atoms with Gasteiger partial charge in [-0.25, -0.2) is 0 Å².